The fourth-order valence-electron chi connectivity index (χ4n) is 2.59. The summed E-state index contributed by atoms with van der Waals surface area (Å²) in [5, 5.41) is 23.0. The summed E-state index contributed by atoms with van der Waals surface area (Å²) in [6.45, 7) is 2.08. The fourth-order valence-corrected chi connectivity index (χ4v) is 2.59. The van der Waals surface area contributed by atoms with Gasteiger partial charge < -0.3 is 4.90 Å². The van der Waals surface area contributed by atoms with Gasteiger partial charge in [-0.15, -0.1) is 5.10 Å². The van der Waals surface area contributed by atoms with Crippen LogP contribution in [-0.4, -0.2) is 47.6 Å². The van der Waals surface area contributed by atoms with Crippen LogP contribution in [0.3, 0.4) is 0 Å². The molecule has 3 aromatic rings. The first-order valence-electron chi connectivity index (χ1n) is 7.77. The summed E-state index contributed by atoms with van der Waals surface area (Å²) >= 11 is 0. The molecule has 0 radical (unpaired) electrons. The molecule has 10 nitrogen and oxygen atoms in total. The van der Waals surface area contributed by atoms with Crippen molar-refractivity contribution >= 4 is 11.6 Å². The van der Waals surface area contributed by atoms with Crippen LogP contribution in [0.15, 0.2) is 36.7 Å². The van der Waals surface area contributed by atoms with E-state index in [4.69, 9.17) is 0 Å². The third-order valence-corrected chi connectivity index (χ3v) is 3.91. The summed E-state index contributed by atoms with van der Waals surface area (Å²) in [6.07, 6.45) is 3.52. The van der Waals surface area contributed by atoms with E-state index in [0.717, 1.165) is 5.56 Å². The third kappa shape index (κ3) is 3.29. The molecular weight excluding hydrogens is 338 g/mol. The lowest BCUT2D eigenvalue weighted by Crippen LogP contribution is -2.27. The molecule has 0 N–H and O–H groups in total. The second-order valence-corrected chi connectivity index (χ2v) is 5.90. The maximum absolute atomic E-state index is 12.7. The number of rotatable bonds is 5. The van der Waals surface area contributed by atoms with Crippen molar-refractivity contribution in [1.29, 1.82) is 0 Å². The number of non-ortho nitro benzene ring substituents is 1. The lowest BCUT2D eigenvalue weighted by atomic mass is 10.2. The van der Waals surface area contributed by atoms with E-state index in [9.17, 15) is 14.9 Å². The average Bonchev–Trinajstić information content (AvgIpc) is 3.19. The minimum Gasteiger partial charge on any atom is -0.336 e. The lowest BCUT2D eigenvalue weighted by molar-refractivity contribution is -0.384. The molecule has 10 heteroatoms. The largest absolute Gasteiger partial charge is 0.336 e. The van der Waals surface area contributed by atoms with Crippen molar-refractivity contribution in [2.75, 3.05) is 7.05 Å². The van der Waals surface area contributed by atoms with Gasteiger partial charge >= 0.3 is 0 Å². The van der Waals surface area contributed by atoms with Gasteiger partial charge in [-0.05, 0) is 13.0 Å². The van der Waals surface area contributed by atoms with Gasteiger partial charge in [0.15, 0.2) is 5.69 Å². The van der Waals surface area contributed by atoms with Crippen molar-refractivity contribution < 1.29 is 9.72 Å². The smallest absolute Gasteiger partial charge is 0.276 e. The summed E-state index contributed by atoms with van der Waals surface area (Å²) in [7, 11) is 3.47. The van der Waals surface area contributed by atoms with Crippen LogP contribution in [0.1, 0.15) is 21.7 Å². The van der Waals surface area contributed by atoms with E-state index < -0.39 is 4.92 Å². The van der Waals surface area contributed by atoms with E-state index in [2.05, 4.69) is 15.4 Å². The molecule has 2 heterocycles. The number of aromatic nitrogens is 5. The first-order chi connectivity index (χ1) is 12.4. The van der Waals surface area contributed by atoms with E-state index >= 15 is 0 Å². The SMILES string of the molecule is Cc1c(C(=O)N(C)Cc2cnn(C)c2)nnn1-c1cccc([N+](=O)[O-])c1. The van der Waals surface area contributed by atoms with Crippen molar-refractivity contribution in [3.63, 3.8) is 0 Å². The normalized spacial score (nSPS) is 10.7. The average molecular weight is 355 g/mol. The Bertz CT molecular complexity index is 976. The molecule has 2 aromatic heterocycles. The van der Waals surface area contributed by atoms with Gasteiger partial charge in [-0.1, -0.05) is 11.3 Å². The third-order valence-electron chi connectivity index (χ3n) is 3.91. The first kappa shape index (κ1) is 17.3. The number of nitrogens with zero attached hydrogens (tertiary/aromatic N) is 7. The Kier molecular flexibility index (Phi) is 4.48. The Morgan fingerprint density at radius 3 is 2.81 bits per heavy atom. The topological polar surface area (TPSA) is 112 Å². The van der Waals surface area contributed by atoms with E-state index in [1.165, 1.54) is 21.7 Å². The minimum atomic E-state index is -0.483. The summed E-state index contributed by atoms with van der Waals surface area (Å²) < 4.78 is 3.08. The predicted octanol–water partition coefficient (Wildman–Crippen LogP) is 1.49. The number of benzene rings is 1. The zero-order valence-electron chi connectivity index (χ0n) is 14.5. The van der Waals surface area contributed by atoms with Crippen molar-refractivity contribution in [2.24, 2.45) is 7.05 Å². The zero-order valence-corrected chi connectivity index (χ0v) is 14.5. The molecule has 0 saturated heterocycles. The Labute approximate surface area is 148 Å². The second kappa shape index (κ2) is 6.75. The van der Waals surface area contributed by atoms with Crippen molar-refractivity contribution in [3.05, 3.63) is 63.7 Å². The maximum Gasteiger partial charge on any atom is 0.276 e. The Balaban J connectivity index is 1.85. The number of carbonyl (C=O) groups is 1. The molecule has 0 aliphatic carbocycles. The predicted molar refractivity (Wildman–Crippen MR) is 91.8 cm³/mol. The van der Waals surface area contributed by atoms with Gasteiger partial charge in [0.2, 0.25) is 0 Å². The van der Waals surface area contributed by atoms with E-state index in [1.807, 2.05) is 6.20 Å². The molecular formula is C16H17N7O3. The highest BCUT2D eigenvalue weighted by Crippen LogP contribution is 2.19. The maximum atomic E-state index is 12.7. The molecule has 0 unspecified atom stereocenters. The van der Waals surface area contributed by atoms with Crippen LogP contribution in [0.4, 0.5) is 5.69 Å². The lowest BCUT2D eigenvalue weighted by Gasteiger charge is -2.15. The first-order valence-corrected chi connectivity index (χ1v) is 7.77. The van der Waals surface area contributed by atoms with Gasteiger partial charge in [0, 0.05) is 44.5 Å². The van der Waals surface area contributed by atoms with Gasteiger partial charge in [-0.2, -0.15) is 5.10 Å². The summed E-state index contributed by atoms with van der Waals surface area (Å²) in [5.74, 6) is -0.289. The van der Waals surface area contributed by atoms with Crippen LogP contribution in [-0.2, 0) is 13.6 Å². The molecule has 0 atom stereocenters. The molecule has 0 aliphatic rings. The van der Waals surface area contributed by atoms with Crippen molar-refractivity contribution in [3.8, 4) is 5.69 Å². The standard InChI is InChI=1S/C16H17N7O3/c1-11-15(16(24)20(2)9-12-8-17-21(3)10-12)18-19-22(11)13-5-4-6-14(7-13)23(25)26/h4-8,10H,9H2,1-3H3. The summed E-state index contributed by atoms with van der Waals surface area (Å²) in [5.41, 5.74) is 2.01. The number of nitro groups is 1. The summed E-state index contributed by atoms with van der Waals surface area (Å²) in [6, 6.07) is 6.01. The van der Waals surface area contributed by atoms with Crippen LogP contribution in [0.5, 0.6) is 0 Å². The van der Waals surface area contributed by atoms with Gasteiger partial charge in [-0.25, -0.2) is 4.68 Å². The molecule has 0 bridgehead atoms. The Morgan fingerprint density at radius 1 is 1.38 bits per heavy atom. The van der Waals surface area contributed by atoms with Crippen molar-refractivity contribution in [2.45, 2.75) is 13.5 Å². The molecule has 3 rings (SSSR count). The molecule has 0 saturated carbocycles. The number of amides is 1. The number of carbonyl (C=O) groups excluding carboxylic acids is 1. The summed E-state index contributed by atoms with van der Waals surface area (Å²) in [4.78, 5) is 24.6. The minimum absolute atomic E-state index is 0.0565. The molecule has 0 fully saturated rings. The molecule has 134 valence electrons. The number of hydrogen-bond acceptors (Lipinski definition) is 6. The molecule has 0 aliphatic heterocycles. The Morgan fingerprint density at radius 2 is 2.15 bits per heavy atom. The fraction of sp³-hybridized carbons (Fsp3) is 0.250. The number of hydrogen-bond donors (Lipinski definition) is 0. The molecule has 0 spiro atoms. The van der Waals surface area contributed by atoms with E-state index in [1.54, 1.807) is 44.0 Å². The highest BCUT2D eigenvalue weighted by Gasteiger charge is 2.21. The van der Waals surface area contributed by atoms with Gasteiger partial charge in [0.05, 0.1) is 22.5 Å². The van der Waals surface area contributed by atoms with Crippen LogP contribution >= 0.6 is 0 Å². The van der Waals surface area contributed by atoms with Crippen molar-refractivity contribution in [1.82, 2.24) is 29.7 Å². The second-order valence-electron chi connectivity index (χ2n) is 5.90. The highest BCUT2D eigenvalue weighted by molar-refractivity contribution is 5.93. The molecule has 1 amide bonds. The van der Waals surface area contributed by atoms with Gasteiger partial charge in [0.25, 0.3) is 11.6 Å². The molecule has 26 heavy (non-hydrogen) atoms. The monoisotopic (exact) mass is 355 g/mol. The highest BCUT2D eigenvalue weighted by atomic mass is 16.6. The Hall–Kier alpha value is -3.56. The van der Waals surface area contributed by atoms with E-state index in [-0.39, 0.29) is 17.3 Å². The molecule has 1 aromatic carbocycles. The number of nitro benzene ring substituents is 1. The van der Waals surface area contributed by atoms with Crippen LogP contribution in [0, 0.1) is 17.0 Å². The number of aryl methyl sites for hydroxylation is 1. The quantitative estimate of drug-likeness (QED) is 0.506. The van der Waals surface area contributed by atoms with Crippen LogP contribution < -0.4 is 0 Å². The van der Waals surface area contributed by atoms with Crippen LogP contribution in [0.2, 0.25) is 0 Å². The van der Waals surface area contributed by atoms with Crippen LogP contribution in [0.25, 0.3) is 5.69 Å². The van der Waals surface area contributed by atoms with Gasteiger partial charge in [-0.3, -0.25) is 19.6 Å². The zero-order chi connectivity index (χ0) is 18.8. The van der Waals surface area contributed by atoms with E-state index in [0.29, 0.717) is 17.9 Å². The van der Waals surface area contributed by atoms with Gasteiger partial charge in [0.1, 0.15) is 0 Å².